The van der Waals surface area contributed by atoms with Crippen molar-refractivity contribution in [3.05, 3.63) is 18.1 Å². The van der Waals surface area contributed by atoms with Crippen LogP contribution in [0.4, 0.5) is 5.82 Å². The average molecular weight is 300 g/mol. The van der Waals surface area contributed by atoms with Gasteiger partial charge in [-0.1, -0.05) is 6.42 Å². The number of hydrogen-bond donors (Lipinski definition) is 1. The molecule has 2 aliphatic carbocycles. The highest BCUT2D eigenvalue weighted by Crippen LogP contribution is 2.57. The summed E-state index contributed by atoms with van der Waals surface area (Å²) in [6.45, 7) is 3.91. The number of hydrogen-bond acceptors (Lipinski definition) is 4. The molecule has 0 spiro atoms. The Hall–Kier alpha value is -1.65. The molecule has 1 amide bonds. The predicted molar refractivity (Wildman–Crippen MR) is 84.5 cm³/mol. The summed E-state index contributed by atoms with van der Waals surface area (Å²) in [5.41, 5.74) is 1.00. The molecule has 1 N–H and O–H groups in total. The summed E-state index contributed by atoms with van der Waals surface area (Å²) in [7, 11) is 0. The van der Waals surface area contributed by atoms with E-state index in [0.717, 1.165) is 37.4 Å². The van der Waals surface area contributed by atoms with Crippen molar-refractivity contribution in [1.82, 2.24) is 15.3 Å². The Bertz CT molecular complexity index is 558. The lowest BCUT2D eigenvalue weighted by Crippen LogP contribution is -2.45. The number of nitrogens with one attached hydrogen (secondary N) is 1. The fraction of sp³-hybridized carbons (Fsp3) is 0.706. The van der Waals surface area contributed by atoms with Crippen LogP contribution < -0.4 is 10.2 Å². The maximum Gasteiger partial charge on any atom is 0.223 e. The third-order valence-corrected chi connectivity index (χ3v) is 5.66. The van der Waals surface area contributed by atoms with E-state index < -0.39 is 0 Å². The Morgan fingerprint density at radius 1 is 1.18 bits per heavy atom. The van der Waals surface area contributed by atoms with E-state index in [0.29, 0.717) is 29.7 Å². The van der Waals surface area contributed by atoms with Crippen molar-refractivity contribution in [2.45, 2.75) is 45.1 Å². The summed E-state index contributed by atoms with van der Waals surface area (Å²) in [5, 5.41) is 3.29. The second kappa shape index (κ2) is 5.52. The van der Waals surface area contributed by atoms with E-state index in [4.69, 9.17) is 0 Å². The molecule has 2 saturated carbocycles. The number of nitrogens with zero attached hydrogens (tertiary/aromatic N) is 3. The van der Waals surface area contributed by atoms with Gasteiger partial charge in [0.1, 0.15) is 12.1 Å². The minimum absolute atomic E-state index is 0.325. The number of carbonyl (C=O) groups excluding carboxylic acids is 1. The maximum absolute atomic E-state index is 12.3. The van der Waals surface area contributed by atoms with Gasteiger partial charge in [0.2, 0.25) is 5.91 Å². The third kappa shape index (κ3) is 2.57. The van der Waals surface area contributed by atoms with E-state index in [1.165, 1.54) is 19.3 Å². The minimum Gasteiger partial charge on any atom is -0.356 e. The number of aromatic nitrogens is 2. The van der Waals surface area contributed by atoms with Crippen LogP contribution in [0.5, 0.6) is 0 Å². The minimum atomic E-state index is 0.325. The third-order valence-electron chi connectivity index (χ3n) is 5.66. The normalized spacial score (nSPS) is 31.0. The van der Waals surface area contributed by atoms with Gasteiger partial charge < -0.3 is 10.2 Å². The molecule has 118 valence electrons. The van der Waals surface area contributed by atoms with Gasteiger partial charge in [0.25, 0.3) is 0 Å². The highest BCUT2D eigenvalue weighted by molar-refractivity contribution is 5.82. The molecule has 5 nitrogen and oxygen atoms in total. The van der Waals surface area contributed by atoms with E-state index in [1.807, 2.05) is 13.0 Å². The van der Waals surface area contributed by atoms with Gasteiger partial charge in [0.15, 0.2) is 0 Å². The zero-order valence-electron chi connectivity index (χ0n) is 13.2. The first-order valence-corrected chi connectivity index (χ1v) is 8.56. The Balaban J connectivity index is 1.28. The van der Waals surface area contributed by atoms with Crippen LogP contribution >= 0.6 is 0 Å². The molecule has 0 unspecified atom stereocenters. The predicted octanol–water partition coefficient (Wildman–Crippen LogP) is 1.92. The van der Waals surface area contributed by atoms with E-state index in [-0.39, 0.29) is 0 Å². The van der Waals surface area contributed by atoms with Crippen molar-refractivity contribution in [2.24, 2.45) is 17.8 Å². The van der Waals surface area contributed by atoms with Crippen LogP contribution in [0.3, 0.4) is 0 Å². The lowest BCUT2D eigenvalue weighted by Gasteiger charge is -2.33. The summed E-state index contributed by atoms with van der Waals surface area (Å²) < 4.78 is 0. The summed E-state index contributed by atoms with van der Waals surface area (Å²) in [6.07, 6.45) is 7.52. The number of aryl methyl sites for hydroxylation is 1. The largest absolute Gasteiger partial charge is 0.356 e. The molecular formula is C17H24N4O. The number of carbonyl (C=O) groups is 1. The molecule has 22 heavy (non-hydrogen) atoms. The van der Waals surface area contributed by atoms with Crippen molar-refractivity contribution in [2.75, 3.05) is 18.0 Å². The molecule has 1 aliphatic heterocycles. The van der Waals surface area contributed by atoms with Gasteiger partial charge in [0.05, 0.1) is 0 Å². The lowest BCUT2D eigenvalue weighted by molar-refractivity contribution is -0.123. The van der Waals surface area contributed by atoms with Crippen LogP contribution in [0.2, 0.25) is 0 Å². The van der Waals surface area contributed by atoms with Crippen LogP contribution in [0.1, 0.15) is 37.8 Å². The molecule has 1 saturated heterocycles. The zero-order chi connectivity index (χ0) is 15.1. The number of amides is 1. The standard InChI is InChI=1S/C17H24N4O/c1-11-9-15(19-10-18-11)21-7-5-12(6-8-21)20-17(22)16-13-3-2-4-14(13)16/h9-10,12-14,16H,2-8H2,1H3,(H,20,22)/t13-,14-/m1/s1. The molecule has 0 aromatic carbocycles. The molecule has 0 bridgehead atoms. The van der Waals surface area contributed by atoms with Gasteiger partial charge >= 0.3 is 0 Å². The van der Waals surface area contributed by atoms with E-state index in [1.54, 1.807) is 6.33 Å². The molecule has 3 fully saturated rings. The monoisotopic (exact) mass is 300 g/mol. The zero-order valence-corrected chi connectivity index (χ0v) is 13.2. The summed E-state index contributed by atoms with van der Waals surface area (Å²) in [4.78, 5) is 23.1. The SMILES string of the molecule is Cc1cc(N2CCC(NC(=O)C3[C@@H]4CCC[C@@H]34)CC2)ncn1. The molecule has 1 aromatic heterocycles. The summed E-state index contributed by atoms with van der Waals surface area (Å²) in [5.74, 6) is 3.10. The lowest BCUT2D eigenvalue weighted by atomic mass is 10.0. The van der Waals surface area contributed by atoms with Gasteiger partial charge in [-0.3, -0.25) is 4.79 Å². The highest BCUT2D eigenvalue weighted by Gasteiger charge is 2.56. The van der Waals surface area contributed by atoms with Crippen LogP contribution in [-0.4, -0.2) is 35.0 Å². The van der Waals surface area contributed by atoms with E-state index in [9.17, 15) is 4.79 Å². The van der Waals surface area contributed by atoms with Crippen molar-refractivity contribution < 1.29 is 4.79 Å². The van der Waals surface area contributed by atoms with Crippen LogP contribution in [0, 0.1) is 24.7 Å². The fourth-order valence-electron chi connectivity index (χ4n) is 4.37. The number of rotatable bonds is 3. The average Bonchev–Trinajstić information content (AvgIpc) is 3.01. The molecular weight excluding hydrogens is 276 g/mol. The second-order valence-corrected chi connectivity index (χ2v) is 7.07. The molecule has 2 atom stereocenters. The molecule has 2 heterocycles. The fourth-order valence-corrected chi connectivity index (χ4v) is 4.37. The Morgan fingerprint density at radius 3 is 2.59 bits per heavy atom. The molecule has 4 rings (SSSR count). The Labute approximate surface area is 131 Å². The quantitative estimate of drug-likeness (QED) is 0.926. The van der Waals surface area contributed by atoms with Gasteiger partial charge in [-0.15, -0.1) is 0 Å². The van der Waals surface area contributed by atoms with E-state index in [2.05, 4.69) is 20.2 Å². The molecule has 1 aromatic rings. The molecule has 0 radical (unpaired) electrons. The number of fused-ring (bicyclic) bond motifs is 1. The first-order chi connectivity index (χ1) is 10.7. The van der Waals surface area contributed by atoms with Gasteiger partial charge in [-0.2, -0.15) is 0 Å². The molecule has 5 heteroatoms. The number of anilines is 1. The van der Waals surface area contributed by atoms with E-state index >= 15 is 0 Å². The number of piperidine rings is 1. The summed E-state index contributed by atoms with van der Waals surface area (Å²) >= 11 is 0. The topological polar surface area (TPSA) is 58.1 Å². The maximum atomic E-state index is 12.3. The second-order valence-electron chi connectivity index (χ2n) is 7.07. The highest BCUT2D eigenvalue weighted by atomic mass is 16.2. The van der Waals surface area contributed by atoms with Gasteiger partial charge in [-0.25, -0.2) is 9.97 Å². The van der Waals surface area contributed by atoms with Crippen molar-refractivity contribution >= 4 is 11.7 Å². The smallest absolute Gasteiger partial charge is 0.223 e. The Morgan fingerprint density at radius 2 is 1.91 bits per heavy atom. The van der Waals surface area contributed by atoms with Crippen molar-refractivity contribution in [3.8, 4) is 0 Å². The van der Waals surface area contributed by atoms with Crippen molar-refractivity contribution in [1.29, 1.82) is 0 Å². The molecule has 3 aliphatic rings. The van der Waals surface area contributed by atoms with Crippen molar-refractivity contribution in [3.63, 3.8) is 0 Å². The van der Waals surface area contributed by atoms with Crippen LogP contribution in [0.25, 0.3) is 0 Å². The van der Waals surface area contributed by atoms with Gasteiger partial charge in [-0.05, 0) is 44.4 Å². The first-order valence-electron chi connectivity index (χ1n) is 8.56. The van der Waals surface area contributed by atoms with Crippen LogP contribution in [0.15, 0.2) is 12.4 Å². The summed E-state index contributed by atoms with van der Waals surface area (Å²) in [6, 6.07) is 2.37. The first kappa shape index (κ1) is 14.0. The van der Waals surface area contributed by atoms with Crippen LogP contribution in [-0.2, 0) is 4.79 Å². The van der Waals surface area contributed by atoms with Gasteiger partial charge in [0, 0.05) is 36.8 Å². The Kier molecular flexibility index (Phi) is 3.51.